The third kappa shape index (κ3) is 2.84. The predicted octanol–water partition coefficient (Wildman–Crippen LogP) is 3.69. The molecule has 2 aliphatic heterocycles. The Bertz CT molecular complexity index is 797. The van der Waals surface area contributed by atoms with E-state index in [4.69, 9.17) is 14.5 Å². The van der Waals surface area contributed by atoms with E-state index in [2.05, 4.69) is 35.0 Å². The van der Waals surface area contributed by atoms with Crippen molar-refractivity contribution in [2.24, 2.45) is 4.99 Å². The fourth-order valence-electron chi connectivity index (χ4n) is 3.51. The zero-order chi connectivity index (χ0) is 17.4. The highest BCUT2D eigenvalue weighted by molar-refractivity contribution is 8.14. The molecule has 2 aliphatic rings. The minimum absolute atomic E-state index is 0.00528. The molecule has 130 valence electrons. The van der Waals surface area contributed by atoms with E-state index in [1.165, 1.54) is 5.56 Å². The van der Waals surface area contributed by atoms with Crippen LogP contribution in [0.4, 0.5) is 0 Å². The Morgan fingerprint density at radius 1 is 1.12 bits per heavy atom. The molecule has 5 nitrogen and oxygen atoms in total. The normalized spacial score (nSPS) is 24.8. The zero-order valence-corrected chi connectivity index (χ0v) is 15.4. The first-order valence-electron chi connectivity index (χ1n) is 8.35. The minimum atomic E-state index is -0.00528. The molecule has 6 heteroatoms. The Kier molecular flexibility index (Phi) is 4.29. The van der Waals surface area contributed by atoms with Crippen molar-refractivity contribution in [3.05, 3.63) is 53.9 Å². The Morgan fingerprint density at radius 3 is 2.68 bits per heavy atom. The topological polar surface area (TPSA) is 47.0 Å². The number of hydrogen-bond acceptors (Lipinski definition) is 6. The lowest BCUT2D eigenvalue weighted by molar-refractivity contribution is 0.317. The van der Waals surface area contributed by atoms with Crippen LogP contribution in [0.5, 0.6) is 11.5 Å². The molecule has 2 aromatic rings. The van der Waals surface area contributed by atoms with E-state index in [0.29, 0.717) is 5.25 Å². The Labute approximate surface area is 152 Å². The van der Waals surface area contributed by atoms with Gasteiger partial charge < -0.3 is 14.4 Å². The molecule has 1 saturated heterocycles. The summed E-state index contributed by atoms with van der Waals surface area (Å²) in [6.45, 7) is 3.23. The molecule has 1 aromatic carbocycles. The summed E-state index contributed by atoms with van der Waals surface area (Å²) in [7, 11) is 3.33. The van der Waals surface area contributed by atoms with Crippen LogP contribution < -0.4 is 9.47 Å². The van der Waals surface area contributed by atoms with Crippen molar-refractivity contribution in [3.63, 3.8) is 0 Å². The van der Waals surface area contributed by atoms with E-state index in [1.54, 1.807) is 14.2 Å². The third-order valence-corrected chi connectivity index (χ3v) is 5.73. The number of ether oxygens (including phenoxy) is 2. The van der Waals surface area contributed by atoms with Crippen LogP contribution in [0.25, 0.3) is 0 Å². The van der Waals surface area contributed by atoms with Gasteiger partial charge >= 0.3 is 0 Å². The number of rotatable bonds is 4. The maximum absolute atomic E-state index is 5.51. The number of pyridine rings is 1. The van der Waals surface area contributed by atoms with Crippen LogP contribution in [0, 0.1) is 0 Å². The molecule has 0 amide bonds. The van der Waals surface area contributed by atoms with Gasteiger partial charge in [0.05, 0.1) is 26.0 Å². The summed E-state index contributed by atoms with van der Waals surface area (Å²) in [5.41, 5.74) is 2.17. The van der Waals surface area contributed by atoms with Crippen LogP contribution in [-0.2, 0) is 0 Å². The molecule has 0 unspecified atom stereocenters. The van der Waals surface area contributed by atoms with E-state index in [9.17, 15) is 0 Å². The van der Waals surface area contributed by atoms with Crippen molar-refractivity contribution >= 4 is 16.9 Å². The van der Waals surface area contributed by atoms with Crippen molar-refractivity contribution in [2.45, 2.75) is 24.3 Å². The number of aromatic nitrogens is 1. The van der Waals surface area contributed by atoms with E-state index >= 15 is 0 Å². The average Bonchev–Trinajstić information content (AvgIpc) is 3.17. The van der Waals surface area contributed by atoms with Gasteiger partial charge in [-0.25, -0.2) is 0 Å². The molecule has 0 saturated carbocycles. The van der Waals surface area contributed by atoms with Gasteiger partial charge in [-0.3, -0.25) is 9.98 Å². The molecule has 1 aromatic heterocycles. The second-order valence-corrected chi connectivity index (χ2v) is 7.66. The molecule has 0 bridgehead atoms. The van der Waals surface area contributed by atoms with E-state index in [1.807, 2.05) is 36.2 Å². The van der Waals surface area contributed by atoms with Gasteiger partial charge in [0.15, 0.2) is 16.7 Å². The van der Waals surface area contributed by atoms with Crippen LogP contribution in [-0.4, -0.2) is 41.1 Å². The number of benzene rings is 1. The Balaban J connectivity index is 1.77. The van der Waals surface area contributed by atoms with Crippen molar-refractivity contribution in [2.75, 3.05) is 20.8 Å². The van der Waals surface area contributed by atoms with Crippen molar-refractivity contribution < 1.29 is 9.47 Å². The molecule has 0 aliphatic carbocycles. The molecule has 0 spiro atoms. The third-order valence-electron chi connectivity index (χ3n) is 4.63. The van der Waals surface area contributed by atoms with Gasteiger partial charge in [0.2, 0.25) is 0 Å². The summed E-state index contributed by atoms with van der Waals surface area (Å²) in [6, 6.07) is 12.3. The fourth-order valence-corrected chi connectivity index (χ4v) is 4.61. The van der Waals surface area contributed by atoms with E-state index < -0.39 is 0 Å². The summed E-state index contributed by atoms with van der Waals surface area (Å²) in [4.78, 5) is 12.0. The molecule has 4 rings (SSSR count). The van der Waals surface area contributed by atoms with Gasteiger partial charge in [0, 0.05) is 18.0 Å². The first kappa shape index (κ1) is 16.3. The highest BCUT2D eigenvalue weighted by atomic mass is 32.2. The van der Waals surface area contributed by atoms with Gasteiger partial charge in [-0.1, -0.05) is 30.8 Å². The molecular weight excluding hydrogens is 334 g/mol. The fraction of sp³-hybridized carbons (Fsp3) is 0.368. The van der Waals surface area contributed by atoms with Crippen LogP contribution >= 0.6 is 11.8 Å². The first-order chi connectivity index (χ1) is 12.2. The van der Waals surface area contributed by atoms with Gasteiger partial charge in [-0.2, -0.15) is 0 Å². The Hall–Kier alpha value is -2.21. The number of amidine groups is 1. The maximum Gasteiger partial charge on any atom is 0.161 e. The molecule has 0 radical (unpaired) electrons. The molecule has 0 N–H and O–H groups in total. The second-order valence-electron chi connectivity index (χ2n) is 6.25. The van der Waals surface area contributed by atoms with Crippen LogP contribution in [0.2, 0.25) is 0 Å². The van der Waals surface area contributed by atoms with Gasteiger partial charge in [-0.05, 0) is 29.8 Å². The van der Waals surface area contributed by atoms with Gasteiger partial charge in [0.25, 0.3) is 0 Å². The van der Waals surface area contributed by atoms with Gasteiger partial charge in [0.1, 0.15) is 6.04 Å². The number of hydrogen-bond donors (Lipinski definition) is 0. The lowest BCUT2D eigenvalue weighted by Crippen LogP contribution is -2.28. The monoisotopic (exact) mass is 355 g/mol. The van der Waals surface area contributed by atoms with Crippen LogP contribution in [0.3, 0.4) is 0 Å². The van der Waals surface area contributed by atoms with E-state index in [0.717, 1.165) is 28.9 Å². The first-order valence-corrected chi connectivity index (χ1v) is 9.23. The summed E-state index contributed by atoms with van der Waals surface area (Å²) in [6.07, 6.45) is 1.83. The minimum Gasteiger partial charge on any atom is -0.493 e. The Morgan fingerprint density at radius 2 is 1.96 bits per heavy atom. The lowest BCUT2D eigenvalue weighted by Gasteiger charge is -2.27. The highest BCUT2D eigenvalue weighted by Crippen LogP contribution is 2.48. The predicted molar refractivity (Wildman–Crippen MR) is 100 cm³/mol. The van der Waals surface area contributed by atoms with Crippen molar-refractivity contribution in [3.8, 4) is 11.5 Å². The van der Waals surface area contributed by atoms with Gasteiger partial charge in [-0.15, -0.1) is 0 Å². The van der Waals surface area contributed by atoms with Crippen LogP contribution in [0.1, 0.15) is 30.3 Å². The summed E-state index contributed by atoms with van der Waals surface area (Å²) in [5.74, 6) is 1.48. The standard InChI is InChI=1S/C19H21N3O2S/c1-12-11-22-18(13-7-8-15(23-2)16(10-13)24-3)17(21-19(22)25-12)14-6-4-5-9-20-14/h4-10,12,17-18H,11H2,1-3H3/t12-,17+,18-/m1/s1. The molecule has 3 atom stereocenters. The van der Waals surface area contributed by atoms with Crippen LogP contribution in [0.15, 0.2) is 47.6 Å². The molecular formula is C19H21N3O2S. The second kappa shape index (κ2) is 6.59. The lowest BCUT2D eigenvalue weighted by atomic mass is 9.96. The zero-order valence-electron chi connectivity index (χ0n) is 14.5. The largest absolute Gasteiger partial charge is 0.493 e. The molecule has 25 heavy (non-hydrogen) atoms. The number of aliphatic imine (C=N–C) groups is 1. The summed E-state index contributed by atoms with van der Waals surface area (Å²) >= 11 is 1.84. The quantitative estimate of drug-likeness (QED) is 0.837. The van der Waals surface area contributed by atoms with Crippen molar-refractivity contribution in [1.29, 1.82) is 0 Å². The number of methoxy groups -OCH3 is 2. The van der Waals surface area contributed by atoms with Crippen molar-refractivity contribution in [1.82, 2.24) is 9.88 Å². The number of fused-ring (bicyclic) bond motifs is 1. The number of thioether (sulfide) groups is 1. The smallest absolute Gasteiger partial charge is 0.161 e. The maximum atomic E-state index is 5.51. The SMILES string of the molecule is COc1ccc([C@@H]2[C@H](c3ccccn3)N=C3S[C@H](C)CN32)cc1OC. The summed E-state index contributed by atoms with van der Waals surface area (Å²) < 4.78 is 10.9. The molecule has 3 heterocycles. The summed E-state index contributed by atoms with van der Waals surface area (Å²) in [5, 5.41) is 1.66. The van der Waals surface area contributed by atoms with E-state index in [-0.39, 0.29) is 12.1 Å². The number of nitrogens with zero attached hydrogens (tertiary/aromatic N) is 3. The molecule has 1 fully saturated rings. The highest BCUT2D eigenvalue weighted by Gasteiger charge is 2.43. The average molecular weight is 355 g/mol.